The van der Waals surface area contributed by atoms with Gasteiger partial charge in [-0.15, -0.1) is 0 Å². The summed E-state index contributed by atoms with van der Waals surface area (Å²) in [5.74, 6) is 1.40. The van der Waals surface area contributed by atoms with Crippen LogP contribution in [0.5, 0.6) is 5.75 Å². The number of hydrogen-bond donors (Lipinski definition) is 2. The lowest BCUT2D eigenvalue weighted by atomic mass is 10.1. The molecule has 1 atom stereocenters. The number of benzene rings is 1. The van der Waals surface area contributed by atoms with E-state index in [4.69, 9.17) is 32.7 Å². The number of aliphatic hydroxyl groups is 1. The molecule has 2 fully saturated rings. The van der Waals surface area contributed by atoms with Gasteiger partial charge in [0, 0.05) is 51.5 Å². The lowest BCUT2D eigenvalue weighted by Crippen LogP contribution is -2.45. The van der Waals surface area contributed by atoms with Gasteiger partial charge in [-0.2, -0.15) is 0 Å². The summed E-state index contributed by atoms with van der Waals surface area (Å²) in [6.07, 6.45) is 2.14. The van der Waals surface area contributed by atoms with Gasteiger partial charge in [-0.05, 0) is 37.1 Å². The van der Waals surface area contributed by atoms with Crippen LogP contribution in [0.4, 0.5) is 5.82 Å². The molecule has 4 rings (SSSR count). The second kappa shape index (κ2) is 12.1. The van der Waals surface area contributed by atoms with Crippen molar-refractivity contribution in [3.05, 3.63) is 46.6 Å². The minimum Gasteiger partial charge on any atom is -0.490 e. The zero-order chi connectivity index (χ0) is 24.8. The van der Waals surface area contributed by atoms with Crippen LogP contribution in [0.3, 0.4) is 0 Å². The third-order valence-electron chi connectivity index (χ3n) is 6.07. The van der Waals surface area contributed by atoms with Gasteiger partial charge in [0.2, 0.25) is 10.0 Å². The molecule has 0 radical (unpaired) electrons. The summed E-state index contributed by atoms with van der Waals surface area (Å²) in [7, 11) is -3.77. The topological polar surface area (TPSA) is 104 Å². The molecule has 0 bridgehead atoms. The minimum absolute atomic E-state index is 0.0482. The monoisotopic (exact) mass is 544 g/mol. The number of likely N-dealkylation sites (tertiary alicyclic amines) is 1. The lowest BCUT2D eigenvalue weighted by molar-refractivity contribution is 0.0630. The average molecular weight is 545 g/mol. The number of β-amino-alcohol motifs (C(OH)–C–C–N with tert-alkyl or cyclic N) is 1. The number of nitrogens with zero attached hydrogens (tertiary/aromatic N) is 3. The molecule has 2 N–H and O–H groups in total. The summed E-state index contributed by atoms with van der Waals surface area (Å²) in [5, 5.41) is 11.4. The fourth-order valence-electron chi connectivity index (χ4n) is 4.12. The van der Waals surface area contributed by atoms with E-state index in [1.54, 1.807) is 24.3 Å². The van der Waals surface area contributed by atoms with Crippen molar-refractivity contribution in [2.75, 3.05) is 57.4 Å². The van der Waals surface area contributed by atoms with Gasteiger partial charge in [0.15, 0.2) is 0 Å². The maximum absolute atomic E-state index is 12.6. The van der Waals surface area contributed by atoms with E-state index in [0.29, 0.717) is 35.6 Å². The quantitative estimate of drug-likeness (QED) is 0.495. The van der Waals surface area contributed by atoms with E-state index in [9.17, 15) is 13.5 Å². The number of hydrogen-bond acceptors (Lipinski definition) is 8. The molecular formula is C23H30Cl2N4O5S. The molecule has 35 heavy (non-hydrogen) atoms. The van der Waals surface area contributed by atoms with Crippen molar-refractivity contribution in [2.45, 2.75) is 29.9 Å². The highest BCUT2D eigenvalue weighted by atomic mass is 35.5. The molecule has 0 aliphatic carbocycles. The second-order valence-corrected chi connectivity index (χ2v) is 11.2. The molecule has 0 spiro atoms. The standard InChI is InChI=1S/C23H30Cl2N4O5S/c24-21-3-1-19(13-22(21)25)34-18-5-7-28(8-6-18)16-17(30)14-27-35(31,32)20-2-4-23(26-15-20)29-9-11-33-12-10-29/h1-4,13,15,17-18,27,30H,5-12,14,16H2/t17-/m1/s1. The van der Waals surface area contributed by atoms with Crippen LogP contribution in [-0.4, -0.2) is 88.1 Å². The first-order valence-corrected chi connectivity index (χ1v) is 13.8. The molecule has 0 saturated carbocycles. The van der Waals surface area contributed by atoms with Crippen LogP contribution in [0.2, 0.25) is 10.0 Å². The molecule has 2 saturated heterocycles. The summed E-state index contributed by atoms with van der Waals surface area (Å²) < 4.78 is 39.1. The van der Waals surface area contributed by atoms with Gasteiger partial charge in [-0.25, -0.2) is 18.1 Å². The molecule has 192 valence electrons. The van der Waals surface area contributed by atoms with Crippen LogP contribution in [0.15, 0.2) is 41.4 Å². The van der Waals surface area contributed by atoms with Crippen molar-refractivity contribution < 1.29 is 23.0 Å². The fourth-order valence-corrected chi connectivity index (χ4v) is 5.42. The molecule has 3 heterocycles. The molecule has 2 aliphatic heterocycles. The number of aromatic nitrogens is 1. The molecule has 2 aromatic rings. The van der Waals surface area contributed by atoms with Crippen LogP contribution < -0.4 is 14.4 Å². The summed E-state index contributed by atoms with van der Waals surface area (Å²) >= 11 is 12.0. The van der Waals surface area contributed by atoms with E-state index in [1.807, 2.05) is 0 Å². The van der Waals surface area contributed by atoms with Crippen molar-refractivity contribution in [3.63, 3.8) is 0 Å². The highest BCUT2D eigenvalue weighted by Gasteiger charge is 2.24. The maximum atomic E-state index is 12.6. The van der Waals surface area contributed by atoms with Crippen LogP contribution in [-0.2, 0) is 14.8 Å². The molecule has 9 nitrogen and oxygen atoms in total. The van der Waals surface area contributed by atoms with Crippen molar-refractivity contribution in [3.8, 4) is 5.75 Å². The molecule has 0 amide bonds. The van der Waals surface area contributed by atoms with Gasteiger partial charge in [-0.1, -0.05) is 23.2 Å². The Morgan fingerprint density at radius 3 is 2.51 bits per heavy atom. The van der Waals surface area contributed by atoms with Gasteiger partial charge in [0.25, 0.3) is 0 Å². The Hall–Kier alpha value is -1.66. The van der Waals surface area contributed by atoms with Gasteiger partial charge in [0.1, 0.15) is 22.6 Å². The minimum atomic E-state index is -3.77. The number of aliphatic hydroxyl groups excluding tert-OH is 1. The van der Waals surface area contributed by atoms with Gasteiger partial charge in [0.05, 0.1) is 29.4 Å². The van der Waals surface area contributed by atoms with E-state index in [0.717, 1.165) is 44.8 Å². The highest BCUT2D eigenvalue weighted by molar-refractivity contribution is 7.89. The van der Waals surface area contributed by atoms with Gasteiger partial charge in [-0.3, -0.25) is 0 Å². The number of halogens is 2. The average Bonchev–Trinajstić information content (AvgIpc) is 2.87. The van der Waals surface area contributed by atoms with Crippen molar-refractivity contribution in [2.24, 2.45) is 0 Å². The summed E-state index contributed by atoms with van der Waals surface area (Å²) in [6.45, 7) is 4.48. The highest BCUT2D eigenvalue weighted by Crippen LogP contribution is 2.28. The smallest absolute Gasteiger partial charge is 0.242 e. The lowest BCUT2D eigenvalue weighted by Gasteiger charge is -2.33. The third kappa shape index (κ3) is 7.42. The first-order valence-electron chi connectivity index (χ1n) is 11.6. The first kappa shape index (κ1) is 26.4. The largest absolute Gasteiger partial charge is 0.490 e. The second-order valence-electron chi connectivity index (χ2n) is 8.65. The number of sulfonamides is 1. The number of nitrogens with one attached hydrogen (secondary N) is 1. The molecule has 0 unspecified atom stereocenters. The summed E-state index contributed by atoms with van der Waals surface area (Å²) in [4.78, 5) is 8.52. The number of piperidine rings is 1. The zero-order valence-electron chi connectivity index (χ0n) is 19.3. The van der Waals surface area contributed by atoms with Crippen LogP contribution in [0.1, 0.15) is 12.8 Å². The predicted molar refractivity (Wildman–Crippen MR) is 135 cm³/mol. The fraction of sp³-hybridized carbons (Fsp3) is 0.522. The van der Waals surface area contributed by atoms with Gasteiger partial charge < -0.3 is 24.4 Å². The molecule has 1 aromatic heterocycles. The summed E-state index contributed by atoms with van der Waals surface area (Å²) in [6, 6.07) is 8.44. The number of morpholine rings is 1. The number of pyridine rings is 1. The predicted octanol–water partition coefficient (Wildman–Crippen LogP) is 2.41. The van der Waals surface area contributed by atoms with E-state index in [1.165, 1.54) is 12.3 Å². The van der Waals surface area contributed by atoms with Crippen LogP contribution in [0.25, 0.3) is 0 Å². The Labute approximate surface area is 216 Å². The van der Waals surface area contributed by atoms with Crippen molar-refractivity contribution in [1.82, 2.24) is 14.6 Å². The zero-order valence-corrected chi connectivity index (χ0v) is 21.6. The summed E-state index contributed by atoms with van der Waals surface area (Å²) in [5.41, 5.74) is 0. The molecule has 1 aromatic carbocycles. The Morgan fingerprint density at radius 2 is 1.86 bits per heavy atom. The Morgan fingerprint density at radius 1 is 1.11 bits per heavy atom. The Balaban J connectivity index is 1.20. The number of ether oxygens (including phenoxy) is 2. The van der Waals surface area contributed by atoms with Crippen molar-refractivity contribution in [1.29, 1.82) is 0 Å². The molecular weight excluding hydrogens is 515 g/mol. The molecule has 12 heteroatoms. The first-order chi connectivity index (χ1) is 16.8. The molecule has 2 aliphatic rings. The normalized spacial score (nSPS) is 19.0. The maximum Gasteiger partial charge on any atom is 0.242 e. The van der Waals surface area contributed by atoms with Crippen molar-refractivity contribution >= 4 is 39.0 Å². The van der Waals surface area contributed by atoms with E-state index >= 15 is 0 Å². The van der Waals surface area contributed by atoms with E-state index < -0.39 is 16.1 Å². The Kier molecular flexibility index (Phi) is 9.09. The Bertz CT molecular complexity index is 1080. The van der Waals surface area contributed by atoms with E-state index in [-0.39, 0.29) is 17.5 Å². The third-order valence-corrected chi connectivity index (χ3v) is 8.22. The SMILES string of the molecule is O=S(=O)(NC[C@@H](O)CN1CCC(Oc2ccc(Cl)c(Cl)c2)CC1)c1ccc(N2CCOCC2)nc1. The number of rotatable bonds is 9. The van der Waals surface area contributed by atoms with E-state index in [2.05, 4.69) is 19.5 Å². The number of anilines is 1. The van der Waals surface area contributed by atoms with Crippen LogP contribution >= 0.6 is 23.2 Å². The van der Waals surface area contributed by atoms with Crippen LogP contribution in [0, 0.1) is 0 Å². The van der Waals surface area contributed by atoms with Gasteiger partial charge >= 0.3 is 0 Å².